The number of hydrogen-bond donors (Lipinski definition) is 1. The van der Waals surface area contributed by atoms with Gasteiger partial charge in [-0.25, -0.2) is 10.4 Å². The van der Waals surface area contributed by atoms with Crippen molar-refractivity contribution in [1.82, 2.24) is 10.4 Å². The molecule has 0 fully saturated rings. The van der Waals surface area contributed by atoms with Crippen molar-refractivity contribution in [3.05, 3.63) is 24.3 Å². The molecule has 1 amide bonds. The molecule has 0 unspecified atom stereocenters. The van der Waals surface area contributed by atoms with Crippen molar-refractivity contribution < 1.29 is 4.79 Å². The first-order valence-electron chi connectivity index (χ1n) is 7.35. The number of thioether (sulfide) groups is 1. The Kier molecular flexibility index (Phi) is 6.39. The second-order valence-corrected chi connectivity index (χ2v) is 7.80. The van der Waals surface area contributed by atoms with Gasteiger partial charge in [0.05, 0.1) is 16.0 Å². The van der Waals surface area contributed by atoms with Crippen molar-refractivity contribution in [2.75, 3.05) is 5.75 Å². The highest BCUT2D eigenvalue weighted by molar-refractivity contribution is 8.01. The van der Waals surface area contributed by atoms with Crippen molar-refractivity contribution >= 4 is 44.9 Å². The average molecular weight is 335 g/mol. The van der Waals surface area contributed by atoms with Gasteiger partial charge in [-0.15, -0.1) is 11.3 Å². The molecule has 0 saturated heterocycles. The monoisotopic (exact) mass is 335 g/mol. The van der Waals surface area contributed by atoms with Gasteiger partial charge < -0.3 is 0 Å². The number of carbonyl (C=O) groups excluding carboxylic acids is 1. The Hall–Kier alpha value is -1.40. The fraction of sp³-hybridized carbons (Fsp3) is 0.438. The van der Waals surface area contributed by atoms with Crippen LogP contribution in [0.4, 0.5) is 0 Å². The van der Waals surface area contributed by atoms with Crippen molar-refractivity contribution in [1.29, 1.82) is 0 Å². The number of benzene rings is 1. The van der Waals surface area contributed by atoms with E-state index in [0.29, 0.717) is 11.7 Å². The first-order valence-corrected chi connectivity index (χ1v) is 9.15. The smallest absolute Gasteiger partial charge is 0.250 e. The molecule has 1 aromatic heterocycles. The van der Waals surface area contributed by atoms with Crippen LogP contribution in [0.25, 0.3) is 10.2 Å². The summed E-state index contributed by atoms with van der Waals surface area (Å²) in [6.45, 7) is 6.31. The maximum absolute atomic E-state index is 11.8. The zero-order valence-corrected chi connectivity index (χ0v) is 14.8. The minimum atomic E-state index is -0.0897. The van der Waals surface area contributed by atoms with Gasteiger partial charge in [0, 0.05) is 5.71 Å². The molecule has 2 aromatic rings. The SMILES string of the molecule is C/C(CCC(C)C)=N/NC(=O)CSc1nc2ccccc2s1. The summed E-state index contributed by atoms with van der Waals surface area (Å²) in [5.74, 6) is 0.893. The average Bonchev–Trinajstić information content (AvgIpc) is 2.91. The number of nitrogens with one attached hydrogen (secondary N) is 1. The maximum atomic E-state index is 11.8. The van der Waals surface area contributed by atoms with Crippen LogP contribution in [0.15, 0.2) is 33.7 Å². The summed E-state index contributed by atoms with van der Waals surface area (Å²) in [4.78, 5) is 16.3. The highest BCUT2D eigenvalue weighted by Gasteiger charge is 2.07. The van der Waals surface area contributed by atoms with Crippen LogP contribution in [0.5, 0.6) is 0 Å². The van der Waals surface area contributed by atoms with Crippen molar-refractivity contribution in [3.63, 3.8) is 0 Å². The number of rotatable bonds is 7. The van der Waals surface area contributed by atoms with Crippen molar-refractivity contribution in [3.8, 4) is 0 Å². The van der Waals surface area contributed by atoms with Crippen LogP contribution in [0.2, 0.25) is 0 Å². The Balaban J connectivity index is 1.78. The third kappa shape index (κ3) is 5.42. The second-order valence-electron chi connectivity index (χ2n) is 5.55. The van der Waals surface area contributed by atoms with Crippen LogP contribution < -0.4 is 5.43 Å². The number of thiazole rings is 1. The standard InChI is InChI=1S/C16H21N3OS2/c1-11(2)8-9-12(3)18-19-15(20)10-21-16-17-13-6-4-5-7-14(13)22-16/h4-7,11H,8-10H2,1-3H3,(H,19,20)/b18-12-. The molecule has 1 N–H and O–H groups in total. The molecule has 0 aliphatic heterocycles. The molecule has 0 spiro atoms. The molecule has 118 valence electrons. The highest BCUT2D eigenvalue weighted by Crippen LogP contribution is 2.28. The summed E-state index contributed by atoms with van der Waals surface area (Å²) in [5, 5.41) is 4.14. The molecular weight excluding hydrogens is 314 g/mol. The van der Waals surface area contributed by atoms with Crippen molar-refractivity contribution in [2.24, 2.45) is 11.0 Å². The Labute approximate surface area is 139 Å². The van der Waals surface area contributed by atoms with Gasteiger partial charge in [0.1, 0.15) is 0 Å². The third-order valence-electron chi connectivity index (χ3n) is 3.06. The Morgan fingerprint density at radius 1 is 1.41 bits per heavy atom. The highest BCUT2D eigenvalue weighted by atomic mass is 32.2. The normalized spacial score (nSPS) is 12.1. The van der Waals surface area contributed by atoms with E-state index in [0.717, 1.165) is 33.1 Å². The molecule has 6 heteroatoms. The second kappa shape index (κ2) is 8.29. The van der Waals surface area contributed by atoms with Crippen molar-refractivity contribution in [2.45, 2.75) is 38.0 Å². The largest absolute Gasteiger partial charge is 0.272 e. The van der Waals surface area contributed by atoms with E-state index < -0.39 is 0 Å². The number of fused-ring (bicyclic) bond motifs is 1. The molecule has 0 radical (unpaired) electrons. The molecule has 0 atom stereocenters. The summed E-state index contributed by atoms with van der Waals surface area (Å²) >= 11 is 3.06. The Bertz CT molecular complexity index is 631. The van der Waals surface area contributed by atoms with Crippen LogP contribution >= 0.6 is 23.1 Å². The molecular formula is C16H21N3OS2. The van der Waals surface area contributed by atoms with Gasteiger partial charge in [0.25, 0.3) is 5.91 Å². The van der Waals surface area contributed by atoms with Crippen LogP contribution in [0, 0.1) is 5.92 Å². The molecule has 1 aromatic carbocycles. The van der Waals surface area contributed by atoms with E-state index in [1.807, 2.05) is 31.2 Å². The molecule has 2 rings (SSSR count). The van der Waals surface area contributed by atoms with Crippen LogP contribution in [-0.2, 0) is 4.79 Å². The number of aromatic nitrogens is 1. The van der Waals surface area contributed by atoms with Gasteiger partial charge in [-0.3, -0.25) is 4.79 Å². The number of carbonyl (C=O) groups is 1. The van der Waals surface area contributed by atoms with Crippen LogP contribution in [-0.4, -0.2) is 22.4 Å². The summed E-state index contributed by atoms with van der Waals surface area (Å²) in [7, 11) is 0. The van der Waals surface area contributed by atoms with E-state index in [1.54, 1.807) is 11.3 Å². The zero-order chi connectivity index (χ0) is 15.9. The van der Waals surface area contributed by atoms with Gasteiger partial charge in [0.2, 0.25) is 0 Å². The minimum Gasteiger partial charge on any atom is -0.272 e. The van der Waals surface area contributed by atoms with E-state index in [9.17, 15) is 4.79 Å². The summed E-state index contributed by atoms with van der Waals surface area (Å²) < 4.78 is 2.06. The molecule has 0 bridgehead atoms. The van der Waals surface area contributed by atoms with E-state index in [1.165, 1.54) is 11.8 Å². The minimum absolute atomic E-state index is 0.0897. The number of amides is 1. The summed E-state index contributed by atoms with van der Waals surface area (Å²) in [6, 6.07) is 7.99. The Morgan fingerprint density at radius 2 is 2.18 bits per heavy atom. The molecule has 0 aliphatic carbocycles. The van der Waals surface area contributed by atoms with Gasteiger partial charge >= 0.3 is 0 Å². The van der Waals surface area contributed by atoms with Gasteiger partial charge in [0.15, 0.2) is 4.34 Å². The number of para-hydroxylation sites is 1. The fourth-order valence-corrected chi connectivity index (χ4v) is 3.64. The van der Waals surface area contributed by atoms with E-state index in [4.69, 9.17) is 0 Å². The van der Waals surface area contributed by atoms with Gasteiger partial charge in [-0.05, 0) is 37.8 Å². The predicted molar refractivity (Wildman–Crippen MR) is 95.7 cm³/mol. The third-order valence-corrected chi connectivity index (χ3v) is 5.24. The lowest BCUT2D eigenvalue weighted by Crippen LogP contribution is -2.21. The zero-order valence-electron chi connectivity index (χ0n) is 13.1. The van der Waals surface area contributed by atoms with Crippen LogP contribution in [0.1, 0.15) is 33.6 Å². The lowest BCUT2D eigenvalue weighted by atomic mass is 10.1. The van der Waals surface area contributed by atoms with E-state index >= 15 is 0 Å². The van der Waals surface area contributed by atoms with Gasteiger partial charge in [-0.2, -0.15) is 5.10 Å². The molecule has 4 nitrogen and oxygen atoms in total. The molecule has 0 saturated carbocycles. The first kappa shape index (κ1) is 17.0. The lowest BCUT2D eigenvalue weighted by molar-refractivity contribution is -0.118. The maximum Gasteiger partial charge on any atom is 0.250 e. The molecule has 0 aliphatic rings. The lowest BCUT2D eigenvalue weighted by Gasteiger charge is -2.04. The molecule has 22 heavy (non-hydrogen) atoms. The quantitative estimate of drug-likeness (QED) is 0.466. The van der Waals surface area contributed by atoms with E-state index in [-0.39, 0.29) is 5.91 Å². The molecule has 1 heterocycles. The topological polar surface area (TPSA) is 54.4 Å². The first-order chi connectivity index (χ1) is 10.5. The van der Waals surface area contributed by atoms with Gasteiger partial charge in [-0.1, -0.05) is 37.7 Å². The number of nitrogens with zero attached hydrogens (tertiary/aromatic N) is 2. The Morgan fingerprint density at radius 3 is 2.91 bits per heavy atom. The summed E-state index contributed by atoms with van der Waals surface area (Å²) in [6.07, 6.45) is 2.01. The van der Waals surface area contributed by atoms with E-state index in [2.05, 4.69) is 29.4 Å². The summed E-state index contributed by atoms with van der Waals surface area (Å²) in [5.41, 5.74) is 4.56. The fourth-order valence-electron chi connectivity index (χ4n) is 1.78. The predicted octanol–water partition coefficient (Wildman–Crippen LogP) is 4.32. The van der Waals surface area contributed by atoms with Crippen LogP contribution in [0.3, 0.4) is 0 Å². The number of hydrazone groups is 1. The number of hydrogen-bond acceptors (Lipinski definition) is 5.